The number of carboxylic acid groups (broad SMARTS) is 1. The smallest absolute Gasteiger partial charge is 0.333 e. The second-order valence-corrected chi connectivity index (χ2v) is 4.28. The summed E-state index contributed by atoms with van der Waals surface area (Å²) >= 11 is 0. The fourth-order valence-electron chi connectivity index (χ4n) is 1.56. The van der Waals surface area contributed by atoms with Crippen LogP contribution in [0.25, 0.3) is 0 Å². The zero-order chi connectivity index (χ0) is 14.1. The van der Waals surface area contributed by atoms with Crippen molar-refractivity contribution in [3.63, 3.8) is 0 Å². The number of aromatic nitrogens is 2. The summed E-state index contributed by atoms with van der Waals surface area (Å²) < 4.78 is 1.28. The highest BCUT2D eigenvalue weighted by molar-refractivity contribution is 5.83. The molecule has 0 aromatic carbocycles. The Bertz CT molecular complexity index is 496. The van der Waals surface area contributed by atoms with E-state index in [4.69, 9.17) is 5.11 Å². The normalized spacial score (nSPS) is 14.0. The number of nitrogens with zero attached hydrogens (tertiary/aromatic N) is 3. The molecule has 0 aliphatic heterocycles. The molecule has 2 N–H and O–H groups in total. The molecule has 100 valence electrons. The second kappa shape index (κ2) is 4.63. The van der Waals surface area contributed by atoms with Gasteiger partial charge in [-0.1, -0.05) is 6.92 Å². The lowest BCUT2D eigenvalue weighted by Gasteiger charge is -2.25. The molecule has 8 nitrogen and oxygen atoms in total. The highest BCUT2D eigenvalue weighted by Gasteiger charge is 2.35. The number of carboxylic acids is 1. The summed E-state index contributed by atoms with van der Waals surface area (Å²) in [5, 5.41) is 26.8. The summed E-state index contributed by atoms with van der Waals surface area (Å²) in [6.07, 6.45) is 0.281. The topological polar surface area (TPSA) is 110 Å². The molecule has 0 saturated heterocycles. The average Bonchev–Trinajstić information content (AvgIpc) is 2.53. The molecule has 0 aliphatic rings. The van der Waals surface area contributed by atoms with E-state index in [2.05, 4.69) is 10.4 Å². The number of nitro groups is 1. The molecule has 1 aromatic heterocycles. The number of aliphatic carboxylic acids is 1. The molecule has 1 heterocycles. The van der Waals surface area contributed by atoms with Gasteiger partial charge in [0.2, 0.25) is 5.82 Å². The minimum Gasteiger partial charge on any atom is -0.480 e. The van der Waals surface area contributed by atoms with Crippen LogP contribution >= 0.6 is 0 Å². The zero-order valence-electron chi connectivity index (χ0n) is 10.7. The van der Waals surface area contributed by atoms with Crippen molar-refractivity contribution in [2.45, 2.75) is 32.7 Å². The lowest BCUT2D eigenvalue weighted by molar-refractivity contribution is -0.384. The summed E-state index contributed by atoms with van der Waals surface area (Å²) in [6.45, 7) is 4.67. The molecule has 8 heteroatoms. The van der Waals surface area contributed by atoms with E-state index in [1.54, 1.807) is 6.92 Å². The molecule has 18 heavy (non-hydrogen) atoms. The second-order valence-electron chi connectivity index (χ2n) is 4.28. The Morgan fingerprint density at radius 3 is 2.61 bits per heavy atom. The van der Waals surface area contributed by atoms with Crippen molar-refractivity contribution in [1.82, 2.24) is 9.78 Å². The van der Waals surface area contributed by atoms with Crippen molar-refractivity contribution in [2.75, 3.05) is 5.32 Å². The van der Waals surface area contributed by atoms with E-state index in [-0.39, 0.29) is 23.6 Å². The van der Waals surface area contributed by atoms with Gasteiger partial charge in [-0.3, -0.25) is 10.1 Å². The van der Waals surface area contributed by atoms with E-state index >= 15 is 0 Å². The summed E-state index contributed by atoms with van der Waals surface area (Å²) in [7, 11) is 1.53. The highest BCUT2D eigenvalue weighted by Crippen LogP contribution is 2.30. The fourth-order valence-corrected chi connectivity index (χ4v) is 1.56. The Morgan fingerprint density at radius 1 is 1.67 bits per heavy atom. The molecule has 1 aromatic rings. The van der Waals surface area contributed by atoms with Crippen LogP contribution in [0.5, 0.6) is 0 Å². The van der Waals surface area contributed by atoms with Gasteiger partial charge in [0, 0.05) is 7.05 Å². The van der Waals surface area contributed by atoms with Crippen molar-refractivity contribution in [1.29, 1.82) is 0 Å². The van der Waals surface area contributed by atoms with Crippen LogP contribution in [0.15, 0.2) is 0 Å². The molecular formula is C10H16N4O4. The van der Waals surface area contributed by atoms with Crippen molar-refractivity contribution in [2.24, 2.45) is 7.05 Å². The maximum absolute atomic E-state index is 11.2. The van der Waals surface area contributed by atoms with Crippen LogP contribution < -0.4 is 5.32 Å². The van der Waals surface area contributed by atoms with Crippen molar-refractivity contribution < 1.29 is 14.8 Å². The first-order valence-corrected chi connectivity index (χ1v) is 5.42. The van der Waals surface area contributed by atoms with Gasteiger partial charge in [-0.15, -0.1) is 0 Å². The number of nitrogens with one attached hydrogen (secondary N) is 1. The van der Waals surface area contributed by atoms with Crippen LogP contribution in [0.1, 0.15) is 26.0 Å². The monoisotopic (exact) mass is 256 g/mol. The molecule has 0 fully saturated rings. The van der Waals surface area contributed by atoms with Crippen molar-refractivity contribution in [3.8, 4) is 0 Å². The van der Waals surface area contributed by atoms with Gasteiger partial charge in [0.05, 0.1) is 4.92 Å². The predicted octanol–water partition coefficient (Wildman–Crippen LogP) is 1.30. The molecule has 1 unspecified atom stereocenters. The maximum Gasteiger partial charge on any atom is 0.333 e. The number of aryl methyl sites for hydroxylation is 2. The molecular weight excluding hydrogens is 240 g/mol. The van der Waals surface area contributed by atoms with Crippen molar-refractivity contribution >= 4 is 17.5 Å². The maximum atomic E-state index is 11.2. The van der Waals surface area contributed by atoms with Gasteiger partial charge in [0.1, 0.15) is 11.2 Å². The molecule has 0 amide bonds. The molecule has 0 aliphatic carbocycles. The lowest BCUT2D eigenvalue weighted by Crippen LogP contribution is -2.43. The molecule has 0 saturated carbocycles. The molecule has 1 rings (SSSR count). The predicted molar refractivity (Wildman–Crippen MR) is 64.6 cm³/mol. The Hall–Kier alpha value is -2.12. The third-order valence-electron chi connectivity index (χ3n) is 2.95. The summed E-state index contributed by atoms with van der Waals surface area (Å²) in [6, 6.07) is 0. The van der Waals surface area contributed by atoms with E-state index in [9.17, 15) is 14.9 Å². The number of hydrogen-bond acceptors (Lipinski definition) is 5. The van der Waals surface area contributed by atoms with Gasteiger partial charge in [0.25, 0.3) is 0 Å². The third-order valence-corrected chi connectivity index (χ3v) is 2.95. The minimum atomic E-state index is -1.27. The summed E-state index contributed by atoms with van der Waals surface area (Å²) in [4.78, 5) is 21.6. The number of rotatable bonds is 5. The first kappa shape index (κ1) is 13.9. The first-order valence-electron chi connectivity index (χ1n) is 5.42. The number of carbonyl (C=O) groups is 1. The number of anilines is 1. The SMILES string of the molecule is CCC(C)(Nc1c([N+](=O)[O-])c(C)nn1C)C(=O)O. The minimum absolute atomic E-state index is 0.101. The fraction of sp³-hybridized carbons (Fsp3) is 0.600. The van der Waals surface area contributed by atoms with Crippen LogP contribution in [0.2, 0.25) is 0 Å². The summed E-state index contributed by atoms with van der Waals surface area (Å²) in [5.41, 5.74) is -1.22. The summed E-state index contributed by atoms with van der Waals surface area (Å²) in [5.74, 6) is -0.970. The van der Waals surface area contributed by atoms with Crippen LogP contribution in [0, 0.1) is 17.0 Å². The molecule has 0 radical (unpaired) electrons. The Balaban J connectivity index is 3.26. The third kappa shape index (κ3) is 2.27. The quantitative estimate of drug-likeness (QED) is 0.607. The van der Waals surface area contributed by atoms with Gasteiger partial charge in [-0.2, -0.15) is 5.10 Å². The number of hydrogen-bond donors (Lipinski definition) is 2. The van der Waals surface area contributed by atoms with Gasteiger partial charge < -0.3 is 10.4 Å². The van der Waals surface area contributed by atoms with Crippen LogP contribution in [0.4, 0.5) is 11.5 Å². The largest absolute Gasteiger partial charge is 0.480 e. The molecule has 0 spiro atoms. The van der Waals surface area contributed by atoms with E-state index in [0.29, 0.717) is 0 Å². The zero-order valence-corrected chi connectivity index (χ0v) is 10.7. The van der Waals surface area contributed by atoms with E-state index in [0.717, 1.165) is 0 Å². The molecule has 1 atom stereocenters. The van der Waals surface area contributed by atoms with E-state index in [1.165, 1.54) is 25.6 Å². The van der Waals surface area contributed by atoms with Crippen molar-refractivity contribution in [3.05, 3.63) is 15.8 Å². The van der Waals surface area contributed by atoms with Crippen LogP contribution in [-0.2, 0) is 11.8 Å². The van der Waals surface area contributed by atoms with Crippen LogP contribution in [-0.4, -0.2) is 31.3 Å². The highest BCUT2D eigenvalue weighted by atomic mass is 16.6. The average molecular weight is 256 g/mol. The first-order chi connectivity index (χ1) is 8.23. The Kier molecular flexibility index (Phi) is 3.59. The lowest BCUT2D eigenvalue weighted by atomic mass is 9.99. The van der Waals surface area contributed by atoms with Gasteiger partial charge >= 0.3 is 11.7 Å². The van der Waals surface area contributed by atoms with Gasteiger partial charge in [0.15, 0.2) is 0 Å². The van der Waals surface area contributed by atoms with E-state index in [1.807, 2.05) is 0 Å². The standard InChI is InChI=1S/C10H16N4O4/c1-5-10(3,9(15)16)11-8-7(14(17)18)6(2)12-13(8)4/h11H,5H2,1-4H3,(H,15,16). The Morgan fingerprint density at radius 2 is 2.22 bits per heavy atom. The van der Waals surface area contributed by atoms with Gasteiger partial charge in [-0.05, 0) is 20.3 Å². The Labute approximate surface area is 104 Å². The van der Waals surface area contributed by atoms with Crippen LogP contribution in [0.3, 0.4) is 0 Å². The van der Waals surface area contributed by atoms with E-state index < -0.39 is 16.4 Å². The van der Waals surface area contributed by atoms with Gasteiger partial charge in [-0.25, -0.2) is 9.48 Å². The molecule has 0 bridgehead atoms.